The van der Waals surface area contributed by atoms with Gasteiger partial charge < -0.3 is 14.8 Å². The molecule has 1 aromatic carbocycles. The summed E-state index contributed by atoms with van der Waals surface area (Å²) in [6.07, 6.45) is 3.20. The Hall–Kier alpha value is -1.01. The van der Waals surface area contributed by atoms with E-state index in [-0.39, 0.29) is 5.91 Å². The summed E-state index contributed by atoms with van der Waals surface area (Å²) in [6.45, 7) is 5.96. The van der Waals surface area contributed by atoms with Crippen molar-refractivity contribution < 1.29 is 14.3 Å². The topological polar surface area (TPSA) is 50.8 Å². The minimum atomic E-state index is 0.0668. The molecule has 0 bridgehead atoms. The van der Waals surface area contributed by atoms with Gasteiger partial charge >= 0.3 is 0 Å². The molecule has 2 rings (SSSR count). The fraction of sp³-hybridized carbons (Fsp3) is 0.611. The molecule has 0 radical (unpaired) electrons. The summed E-state index contributed by atoms with van der Waals surface area (Å²) in [5, 5.41) is 4.01. The first kappa shape index (κ1) is 20.3. The van der Waals surface area contributed by atoms with Gasteiger partial charge in [-0.2, -0.15) is 0 Å². The molecular weight excluding hydrogens is 363 g/mol. The van der Waals surface area contributed by atoms with Crippen LogP contribution in [0.25, 0.3) is 0 Å². The third-order valence-corrected chi connectivity index (χ3v) is 4.56. The average Bonchev–Trinajstić information content (AvgIpc) is 2.61. The van der Waals surface area contributed by atoms with Gasteiger partial charge in [-0.25, -0.2) is 0 Å². The van der Waals surface area contributed by atoms with E-state index in [1.54, 1.807) is 18.2 Å². The van der Waals surface area contributed by atoms with Crippen LogP contribution in [-0.4, -0.2) is 56.8 Å². The second-order valence-electron chi connectivity index (χ2n) is 6.04. The molecule has 1 aliphatic heterocycles. The summed E-state index contributed by atoms with van der Waals surface area (Å²) >= 11 is 11.9. The SMILES string of the molecule is O=C(CCCOc1ccc(Cl)cc1Cl)NCCCCN1CCOCC1. The highest BCUT2D eigenvalue weighted by Crippen LogP contribution is 2.27. The largest absolute Gasteiger partial charge is 0.492 e. The van der Waals surface area contributed by atoms with Gasteiger partial charge in [-0.3, -0.25) is 9.69 Å². The molecule has 0 aromatic heterocycles. The minimum Gasteiger partial charge on any atom is -0.492 e. The van der Waals surface area contributed by atoms with Gasteiger partial charge in [0, 0.05) is 31.1 Å². The molecule has 1 aromatic rings. The summed E-state index contributed by atoms with van der Waals surface area (Å²) in [5.41, 5.74) is 0. The number of benzene rings is 1. The van der Waals surface area contributed by atoms with Gasteiger partial charge in [0.15, 0.2) is 0 Å². The summed E-state index contributed by atoms with van der Waals surface area (Å²) in [7, 11) is 0. The number of ether oxygens (including phenoxy) is 2. The monoisotopic (exact) mass is 388 g/mol. The van der Waals surface area contributed by atoms with Crippen LogP contribution in [0.2, 0.25) is 10.0 Å². The number of carbonyl (C=O) groups is 1. The Morgan fingerprint density at radius 3 is 2.76 bits per heavy atom. The zero-order chi connectivity index (χ0) is 17.9. The molecule has 1 saturated heterocycles. The molecule has 7 heteroatoms. The second kappa shape index (κ2) is 11.6. The summed E-state index contributed by atoms with van der Waals surface area (Å²) in [6, 6.07) is 5.10. The molecule has 0 atom stereocenters. The van der Waals surface area contributed by atoms with Crippen molar-refractivity contribution in [3.8, 4) is 5.75 Å². The number of nitrogens with zero attached hydrogens (tertiary/aromatic N) is 1. The van der Waals surface area contributed by atoms with Crippen LogP contribution in [0.15, 0.2) is 18.2 Å². The maximum absolute atomic E-state index is 11.8. The predicted octanol–water partition coefficient (Wildman–Crippen LogP) is 3.38. The number of morpholine rings is 1. The highest BCUT2D eigenvalue weighted by molar-refractivity contribution is 6.35. The second-order valence-corrected chi connectivity index (χ2v) is 6.88. The fourth-order valence-corrected chi connectivity index (χ4v) is 3.07. The van der Waals surface area contributed by atoms with Gasteiger partial charge in [0.2, 0.25) is 5.91 Å². The molecular formula is C18H26Cl2N2O3. The van der Waals surface area contributed by atoms with Crippen molar-refractivity contribution in [1.29, 1.82) is 0 Å². The number of hydrogen-bond acceptors (Lipinski definition) is 4. The lowest BCUT2D eigenvalue weighted by Crippen LogP contribution is -2.37. The number of halogens is 2. The molecule has 1 N–H and O–H groups in total. The van der Waals surface area contributed by atoms with E-state index in [2.05, 4.69) is 10.2 Å². The van der Waals surface area contributed by atoms with Crippen molar-refractivity contribution in [2.24, 2.45) is 0 Å². The van der Waals surface area contributed by atoms with E-state index in [0.717, 1.165) is 52.2 Å². The Morgan fingerprint density at radius 1 is 1.20 bits per heavy atom. The van der Waals surface area contributed by atoms with E-state index >= 15 is 0 Å². The lowest BCUT2D eigenvalue weighted by Gasteiger charge is -2.26. The first-order valence-electron chi connectivity index (χ1n) is 8.80. The molecule has 140 valence electrons. The normalized spacial score (nSPS) is 15.1. The van der Waals surface area contributed by atoms with Crippen molar-refractivity contribution in [2.75, 3.05) is 46.0 Å². The lowest BCUT2D eigenvalue weighted by molar-refractivity contribution is -0.121. The maximum Gasteiger partial charge on any atom is 0.220 e. The first-order chi connectivity index (χ1) is 12.1. The number of rotatable bonds is 10. The van der Waals surface area contributed by atoms with Gasteiger partial charge in [0.05, 0.1) is 24.8 Å². The molecule has 1 fully saturated rings. The molecule has 0 aliphatic carbocycles. The van der Waals surface area contributed by atoms with Gasteiger partial charge in [-0.15, -0.1) is 0 Å². The smallest absolute Gasteiger partial charge is 0.220 e. The van der Waals surface area contributed by atoms with Crippen molar-refractivity contribution in [3.05, 3.63) is 28.2 Å². The van der Waals surface area contributed by atoms with Gasteiger partial charge in [0.1, 0.15) is 5.75 Å². The van der Waals surface area contributed by atoms with Crippen LogP contribution in [0.4, 0.5) is 0 Å². The minimum absolute atomic E-state index is 0.0668. The molecule has 0 spiro atoms. The van der Waals surface area contributed by atoms with Crippen LogP contribution in [0.1, 0.15) is 25.7 Å². The number of carbonyl (C=O) groups excluding carboxylic acids is 1. The molecule has 25 heavy (non-hydrogen) atoms. The molecule has 1 amide bonds. The Labute approximate surface area is 159 Å². The number of hydrogen-bond donors (Lipinski definition) is 1. The van der Waals surface area contributed by atoms with Crippen LogP contribution in [0.3, 0.4) is 0 Å². The zero-order valence-electron chi connectivity index (χ0n) is 14.4. The van der Waals surface area contributed by atoms with Crippen molar-refractivity contribution >= 4 is 29.1 Å². The van der Waals surface area contributed by atoms with Crippen LogP contribution in [-0.2, 0) is 9.53 Å². The molecule has 5 nitrogen and oxygen atoms in total. The summed E-state index contributed by atoms with van der Waals surface area (Å²) in [4.78, 5) is 14.2. The third kappa shape index (κ3) is 8.27. The van der Waals surface area contributed by atoms with Crippen molar-refractivity contribution in [1.82, 2.24) is 10.2 Å². The van der Waals surface area contributed by atoms with E-state index in [0.29, 0.717) is 35.2 Å². The Kier molecular flexibility index (Phi) is 9.40. The lowest BCUT2D eigenvalue weighted by atomic mass is 10.2. The molecule has 0 unspecified atom stereocenters. The van der Waals surface area contributed by atoms with Crippen LogP contribution in [0.5, 0.6) is 5.75 Å². The number of amides is 1. The van der Waals surface area contributed by atoms with Crippen molar-refractivity contribution in [2.45, 2.75) is 25.7 Å². The van der Waals surface area contributed by atoms with E-state index in [1.807, 2.05) is 0 Å². The Bertz CT molecular complexity index is 537. The molecule has 1 heterocycles. The van der Waals surface area contributed by atoms with E-state index in [9.17, 15) is 4.79 Å². The highest BCUT2D eigenvalue weighted by atomic mass is 35.5. The predicted molar refractivity (Wildman–Crippen MR) is 101 cm³/mol. The van der Waals surface area contributed by atoms with Gasteiger partial charge in [-0.1, -0.05) is 23.2 Å². The Morgan fingerprint density at radius 2 is 2.00 bits per heavy atom. The maximum atomic E-state index is 11.8. The van der Waals surface area contributed by atoms with Gasteiger partial charge in [-0.05, 0) is 44.0 Å². The van der Waals surface area contributed by atoms with E-state index < -0.39 is 0 Å². The first-order valence-corrected chi connectivity index (χ1v) is 9.55. The quantitative estimate of drug-likeness (QED) is 0.624. The fourth-order valence-electron chi connectivity index (χ4n) is 2.61. The highest BCUT2D eigenvalue weighted by Gasteiger charge is 2.09. The summed E-state index contributed by atoms with van der Waals surface area (Å²) in [5.74, 6) is 0.659. The van der Waals surface area contributed by atoms with E-state index in [4.69, 9.17) is 32.7 Å². The van der Waals surface area contributed by atoms with E-state index in [1.165, 1.54) is 0 Å². The number of nitrogens with one attached hydrogen (secondary N) is 1. The molecule has 0 saturated carbocycles. The van der Waals surface area contributed by atoms with Crippen molar-refractivity contribution in [3.63, 3.8) is 0 Å². The third-order valence-electron chi connectivity index (χ3n) is 4.03. The van der Waals surface area contributed by atoms with Crippen LogP contribution >= 0.6 is 23.2 Å². The average molecular weight is 389 g/mol. The van der Waals surface area contributed by atoms with Crippen LogP contribution in [0, 0.1) is 0 Å². The Balaban J connectivity index is 1.46. The summed E-state index contributed by atoms with van der Waals surface area (Å²) < 4.78 is 10.9. The van der Waals surface area contributed by atoms with Crippen LogP contribution < -0.4 is 10.1 Å². The zero-order valence-corrected chi connectivity index (χ0v) is 15.9. The molecule has 1 aliphatic rings. The standard InChI is InChI=1S/C18H26Cl2N2O3/c19-15-5-6-17(16(20)14-15)25-11-3-4-18(23)21-7-1-2-8-22-9-12-24-13-10-22/h5-6,14H,1-4,7-13H2,(H,21,23). The number of unbranched alkanes of at least 4 members (excludes halogenated alkanes) is 1. The van der Waals surface area contributed by atoms with Gasteiger partial charge in [0.25, 0.3) is 0 Å².